The fraction of sp³-hybridized carbons (Fsp3) is 0.615. The van der Waals surface area contributed by atoms with Gasteiger partial charge in [0.15, 0.2) is 0 Å². The first-order chi connectivity index (χ1) is 8.25. The molecule has 1 aromatic heterocycles. The molecular formula is C13H15BrN2O. The Kier molecular flexibility index (Phi) is 2.10. The fourth-order valence-electron chi connectivity index (χ4n) is 4.25. The highest BCUT2D eigenvalue weighted by molar-refractivity contribution is 9.10. The molecule has 5 atom stereocenters. The van der Waals surface area contributed by atoms with Gasteiger partial charge in [0.05, 0.1) is 16.6 Å². The third kappa shape index (κ3) is 1.28. The average Bonchev–Trinajstić information content (AvgIpc) is 2.90. The molecule has 1 saturated heterocycles. The minimum atomic E-state index is -0.146. The van der Waals surface area contributed by atoms with Crippen molar-refractivity contribution in [2.45, 2.75) is 25.0 Å². The van der Waals surface area contributed by atoms with E-state index in [4.69, 9.17) is 0 Å². The van der Waals surface area contributed by atoms with Gasteiger partial charge in [-0.15, -0.1) is 0 Å². The predicted molar refractivity (Wildman–Crippen MR) is 68.8 cm³/mol. The van der Waals surface area contributed by atoms with Gasteiger partial charge in [0.1, 0.15) is 5.82 Å². The number of hydrogen-bond acceptors (Lipinski definition) is 3. The van der Waals surface area contributed by atoms with E-state index in [9.17, 15) is 5.11 Å². The lowest BCUT2D eigenvalue weighted by atomic mass is 9.88. The molecule has 90 valence electrons. The van der Waals surface area contributed by atoms with Gasteiger partial charge < -0.3 is 10.0 Å². The number of aliphatic hydroxyl groups excluding tert-OH is 1. The second-order valence-corrected chi connectivity index (χ2v) is 6.45. The Labute approximate surface area is 109 Å². The number of aliphatic hydroxyl groups is 1. The van der Waals surface area contributed by atoms with E-state index in [0.29, 0.717) is 17.9 Å². The van der Waals surface area contributed by atoms with Crippen LogP contribution in [-0.2, 0) is 0 Å². The monoisotopic (exact) mass is 294 g/mol. The zero-order chi connectivity index (χ0) is 11.6. The summed E-state index contributed by atoms with van der Waals surface area (Å²) in [5.41, 5.74) is 0. The molecule has 1 N–H and O–H groups in total. The zero-order valence-electron chi connectivity index (χ0n) is 9.46. The largest absolute Gasteiger partial charge is 0.391 e. The summed E-state index contributed by atoms with van der Waals surface area (Å²) in [4.78, 5) is 6.81. The van der Waals surface area contributed by atoms with Crippen LogP contribution in [0.1, 0.15) is 12.8 Å². The van der Waals surface area contributed by atoms with E-state index in [-0.39, 0.29) is 6.10 Å². The molecule has 2 aliphatic carbocycles. The number of rotatable bonds is 1. The molecule has 3 aliphatic rings. The Morgan fingerprint density at radius 3 is 3.00 bits per heavy atom. The van der Waals surface area contributed by atoms with Crippen LogP contribution in [0.15, 0.2) is 22.8 Å². The molecule has 0 amide bonds. The third-order valence-electron chi connectivity index (χ3n) is 4.86. The van der Waals surface area contributed by atoms with Gasteiger partial charge in [0, 0.05) is 12.7 Å². The van der Waals surface area contributed by atoms with Crippen LogP contribution in [0.25, 0.3) is 0 Å². The van der Waals surface area contributed by atoms with Crippen LogP contribution in [0, 0.1) is 17.8 Å². The van der Waals surface area contributed by atoms with Crippen molar-refractivity contribution in [3.05, 3.63) is 22.8 Å². The highest BCUT2D eigenvalue weighted by Gasteiger charge is 2.59. The number of hydrogen-bond donors (Lipinski definition) is 1. The Balaban J connectivity index is 1.75. The highest BCUT2D eigenvalue weighted by Crippen LogP contribution is 2.55. The lowest BCUT2D eigenvalue weighted by Crippen LogP contribution is -2.41. The first kappa shape index (κ1) is 10.3. The van der Waals surface area contributed by atoms with E-state index < -0.39 is 0 Å². The van der Waals surface area contributed by atoms with Gasteiger partial charge in [0.25, 0.3) is 0 Å². The Morgan fingerprint density at radius 1 is 1.35 bits per heavy atom. The summed E-state index contributed by atoms with van der Waals surface area (Å²) in [7, 11) is 0. The second-order valence-electron chi connectivity index (χ2n) is 5.60. The summed E-state index contributed by atoms with van der Waals surface area (Å²) in [5.74, 6) is 3.03. The topological polar surface area (TPSA) is 36.4 Å². The van der Waals surface area contributed by atoms with Gasteiger partial charge in [-0.25, -0.2) is 4.98 Å². The molecule has 0 radical (unpaired) electrons. The first-order valence-electron chi connectivity index (χ1n) is 6.31. The SMILES string of the molecule is OC1C2CC3CN(c4ncccc4Br)C1C3C2. The van der Waals surface area contributed by atoms with Gasteiger partial charge in [0.2, 0.25) is 0 Å². The molecule has 2 heterocycles. The standard InChI is InChI=1S/C13H15BrN2O/c14-10-2-1-3-15-13(10)16-6-8-4-7-5-9(8)11(16)12(7)17/h1-3,7-9,11-12,17H,4-6H2. The van der Waals surface area contributed by atoms with Crippen molar-refractivity contribution in [3.8, 4) is 0 Å². The minimum absolute atomic E-state index is 0.146. The number of anilines is 1. The van der Waals surface area contributed by atoms with Crippen LogP contribution in [0.5, 0.6) is 0 Å². The van der Waals surface area contributed by atoms with Gasteiger partial charge >= 0.3 is 0 Å². The smallest absolute Gasteiger partial charge is 0.143 e. The van der Waals surface area contributed by atoms with Crippen LogP contribution in [0.4, 0.5) is 5.82 Å². The van der Waals surface area contributed by atoms with Crippen molar-refractivity contribution < 1.29 is 5.11 Å². The van der Waals surface area contributed by atoms with Crippen LogP contribution in [0.2, 0.25) is 0 Å². The first-order valence-corrected chi connectivity index (χ1v) is 7.10. The maximum Gasteiger partial charge on any atom is 0.143 e. The van der Waals surface area contributed by atoms with E-state index in [0.717, 1.165) is 22.8 Å². The molecule has 5 unspecified atom stereocenters. The summed E-state index contributed by atoms with van der Waals surface area (Å²) in [6, 6.07) is 4.28. The number of nitrogens with zero attached hydrogens (tertiary/aromatic N) is 2. The van der Waals surface area contributed by atoms with E-state index in [1.54, 1.807) is 0 Å². The van der Waals surface area contributed by atoms with Crippen LogP contribution in [0.3, 0.4) is 0 Å². The van der Waals surface area contributed by atoms with Crippen LogP contribution in [-0.4, -0.2) is 28.8 Å². The molecule has 0 aromatic carbocycles. The molecule has 4 rings (SSSR count). The summed E-state index contributed by atoms with van der Waals surface area (Å²) < 4.78 is 1.04. The molecule has 3 fully saturated rings. The number of halogens is 1. The van der Waals surface area contributed by atoms with Crippen molar-refractivity contribution >= 4 is 21.7 Å². The number of fused-ring (bicyclic) bond motifs is 1. The fourth-order valence-corrected chi connectivity index (χ4v) is 4.73. The quantitative estimate of drug-likeness (QED) is 0.861. The molecule has 3 nitrogen and oxygen atoms in total. The van der Waals surface area contributed by atoms with E-state index >= 15 is 0 Å². The molecular weight excluding hydrogens is 280 g/mol. The van der Waals surface area contributed by atoms with Gasteiger partial charge in [-0.3, -0.25) is 0 Å². The van der Waals surface area contributed by atoms with Gasteiger partial charge in [-0.05, 0) is 58.7 Å². The molecule has 2 saturated carbocycles. The summed E-state index contributed by atoms with van der Waals surface area (Å²) in [5, 5.41) is 10.3. The van der Waals surface area contributed by atoms with Crippen molar-refractivity contribution in [3.63, 3.8) is 0 Å². The van der Waals surface area contributed by atoms with Crippen molar-refractivity contribution in [2.75, 3.05) is 11.4 Å². The van der Waals surface area contributed by atoms with E-state index in [2.05, 4.69) is 25.8 Å². The van der Waals surface area contributed by atoms with Crippen molar-refractivity contribution in [1.82, 2.24) is 4.98 Å². The summed E-state index contributed by atoms with van der Waals surface area (Å²) in [6.45, 7) is 1.07. The molecule has 2 bridgehead atoms. The van der Waals surface area contributed by atoms with Crippen molar-refractivity contribution in [1.29, 1.82) is 0 Å². The normalized spacial score (nSPS) is 42.5. The molecule has 0 spiro atoms. The Hall–Kier alpha value is -0.610. The maximum absolute atomic E-state index is 10.3. The summed E-state index contributed by atoms with van der Waals surface area (Å²) in [6.07, 6.45) is 4.12. The Bertz CT molecular complexity index is 464. The van der Waals surface area contributed by atoms with Crippen LogP contribution < -0.4 is 4.90 Å². The van der Waals surface area contributed by atoms with Gasteiger partial charge in [-0.2, -0.15) is 0 Å². The molecule has 1 aromatic rings. The molecule has 4 heteroatoms. The van der Waals surface area contributed by atoms with Crippen LogP contribution >= 0.6 is 15.9 Å². The van der Waals surface area contributed by atoms with Gasteiger partial charge in [-0.1, -0.05) is 0 Å². The zero-order valence-corrected chi connectivity index (χ0v) is 11.0. The molecule has 1 aliphatic heterocycles. The summed E-state index contributed by atoms with van der Waals surface area (Å²) >= 11 is 3.57. The molecule has 17 heavy (non-hydrogen) atoms. The average molecular weight is 295 g/mol. The second kappa shape index (κ2) is 3.45. The minimum Gasteiger partial charge on any atom is -0.391 e. The van der Waals surface area contributed by atoms with E-state index in [1.807, 2.05) is 18.3 Å². The van der Waals surface area contributed by atoms with Crippen molar-refractivity contribution in [2.24, 2.45) is 17.8 Å². The number of pyridine rings is 1. The predicted octanol–water partition coefficient (Wildman–Crippen LogP) is 2.05. The number of aromatic nitrogens is 1. The Morgan fingerprint density at radius 2 is 2.24 bits per heavy atom. The highest BCUT2D eigenvalue weighted by atomic mass is 79.9. The maximum atomic E-state index is 10.3. The lowest BCUT2D eigenvalue weighted by molar-refractivity contribution is 0.0965. The third-order valence-corrected chi connectivity index (χ3v) is 5.48. The lowest BCUT2D eigenvalue weighted by Gasteiger charge is -2.30. The van der Waals surface area contributed by atoms with E-state index in [1.165, 1.54) is 12.8 Å².